The maximum atomic E-state index is 4.48. The van der Waals surface area contributed by atoms with Gasteiger partial charge in [-0.3, -0.25) is 4.98 Å². The van der Waals surface area contributed by atoms with Crippen LogP contribution in [0.25, 0.3) is 10.7 Å². The molecule has 0 saturated carbocycles. The minimum absolute atomic E-state index is 1.06. The van der Waals surface area contributed by atoms with Crippen molar-refractivity contribution < 1.29 is 0 Å². The zero-order valence-corrected chi connectivity index (χ0v) is 9.26. The van der Waals surface area contributed by atoms with Gasteiger partial charge in [0.05, 0.1) is 0 Å². The molecule has 0 aromatic carbocycles. The number of hydrogen-bond donors (Lipinski definition) is 0. The molecule has 1 aliphatic carbocycles. The maximum Gasteiger partial charge on any atom is 0.142 e. The van der Waals surface area contributed by atoms with Gasteiger partial charge in [0.1, 0.15) is 10.7 Å². The van der Waals surface area contributed by atoms with E-state index in [0.717, 1.165) is 17.1 Å². The molecule has 2 heterocycles. The molecule has 15 heavy (non-hydrogen) atoms. The van der Waals surface area contributed by atoms with E-state index < -0.39 is 0 Å². The number of nitrogens with zero attached hydrogens (tertiary/aromatic N) is 2. The second kappa shape index (κ2) is 3.74. The largest absolute Gasteiger partial charge is 0.253 e. The normalized spacial score (nSPS) is 14.9. The Morgan fingerprint density at radius 3 is 2.87 bits per heavy atom. The first-order valence-corrected chi connectivity index (χ1v) is 6.20. The molecule has 2 aromatic heterocycles. The first-order chi connectivity index (χ1) is 7.45. The molecule has 0 aliphatic heterocycles. The van der Waals surface area contributed by atoms with E-state index in [4.69, 9.17) is 0 Å². The van der Waals surface area contributed by atoms with E-state index in [1.807, 2.05) is 17.8 Å². The fourth-order valence-corrected chi connectivity index (χ4v) is 2.85. The highest BCUT2D eigenvalue weighted by molar-refractivity contribution is 7.13. The van der Waals surface area contributed by atoms with Crippen LogP contribution in [0.15, 0.2) is 23.8 Å². The van der Waals surface area contributed by atoms with Gasteiger partial charge in [0.15, 0.2) is 0 Å². The number of rotatable bonds is 1. The minimum Gasteiger partial charge on any atom is -0.253 e. The lowest BCUT2D eigenvalue weighted by molar-refractivity contribution is 0.683. The van der Waals surface area contributed by atoms with Crippen molar-refractivity contribution in [2.45, 2.75) is 25.7 Å². The van der Waals surface area contributed by atoms with Crippen molar-refractivity contribution in [3.8, 4) is 10.7 Å². The summed E-state index contributed by atoms with van der Waals surface area (Å²) >= 11 is 1.68. The summed E-state index contributed by atoms with van der Waals surface area (Å²) in [6, 6.07) is 2.16. The first kappa shape index (κ1) is 9.04. The molecule has 76 valence electrons. The van der Waals surface area contributed by atoms with Crippen LogP contribution in [0.2, 0.25) is 0 Å². The highest BCUT2D eigenvalue weighted by Gasteiger charge is 2.16. The van der Waals surface area contributed by atoms with Gasteiger partial charge in [-0.1, -0.05) is 0 Å². The Kier molecular flexibility index (Phi) is 2.25. The number of aryl methyl sites for hydroxylation is 1. The lowest BCUT2D eigenvalue weighted by Crippen LogP contribution is -2.05. The number of fused-ring (bicyclic) bond motifs is 1. The molecule has 3 rings (SSSR count). The van der Waals surface area contributed by atoms with Gasteiger partial charge in [0.2, 0.25) is 0 Å². The molecular weight excluding hydrogens is 204 g/mol. The molecule has 0 radical (unpaired) electrons. The van der Waals surface area contributed by atoms with Gasteiger partial charge in [-0.25, -0.2) is 4.98 Å². The van der Waals surface area contributed by atoms with E-state index in [1.165, 1.54) is 30.4 Å². The van der Waals surface area contributed by atoms with Crippen LogP contribution in [0.5, 0.6) is 0 Å². The predicted molar refractivity (Wildman–Crippen MR) is 62.0 cm³/mol. The Morgan fingerprint density at radius 1 is 1.07 bits per heavy atom. The summed E-state index contributed by atoms with van der Waals surface area (Å²) in [5.74, 6) is 0. The van der Waals surface area contributed by atoms with Gasteiger partial charge in [-0.15, -0.1) is 11.3 Å². The van der Waals surface area contributed by atoms with Crippen LogP contribution in [-0.4, -0.2) is 9.97 Å². The second-order valence-corrected chi connectivity index (χ2v) is 4.74. The van der Waals surface area contributed by atoms with E-state index in [2.05, 4.69) is 16.0 Å². The Hall–Kier alpha value is -1.22. The summed E-state index contributed by atoms with van der Waals surface area (Å²) in [5.41, 5.74) is 4.02. The zero-order chi connectivity index (χ0) is 10.1. The quantitative estimate of drug-likeness (QED) is 0.732. The molecule has 0 fully saturated rings. The Morgan fingerprint density at radius 2 is 2.00 bits per heavy atom. The first-order valence-electron chi connectivity index (χ1n) is 5.32. The van der Waals surface area contributed by atoms with Crippen LogP contribution in [-0.2, 0) is 12.8 Å². The van der Waals surface area contributed by atoms with Crippen molar-refractivity contribution >= 4 is 11.3 Å². The van der Waals surface area contributed by atoms with Crippen molar-refractivity contribution in [2.75, 3.05) is 0 Å². The Bertz CT molecular complexity index is 462. The summed E-state index contributed by atoms with van der Waals surface area (Å²) in [4.78, 5) is 8.83. The molecule has 0 spiro atoms. The van der Waals surface area contributed by atoms with Crippen LogP contribution < -0.4 is 0 Å². The molecular formula is C12H12N2S. The van der Waals surface area contributed by atoms with Crippen LogP contribution in [0.4, 0.5) is 0 Å². The lowest BCUT2D eigenvalue weighted by atomic mass is 9.91. The summed E-state index contributed by atoms with van der Waals surface area (Å²) < 4.78 is 0. The average Bonchev–Trinajstić information content (AvgIpc) is 2.82. The van der Waals surface area contributed by atoms with Gasteiger partial charge in [-0.05, 0) is 42.9 Å². The van der Waals surface area contributed by atoms with Crippen molar-refractivity contribution in [1.82, 2.24) is 9.97 Å². The molecule has 2 nitrogen and oxygen atoms in total. The molecule has 0 atom stereocenters. The van der Waals surface area contributed by atoms with Gasteiger partial charge in [0.25, 0.3) is 0 Å². The van der Waals surface area contributed by atoms with Crippen molar-refractivity contribution in [3.63, 3.8) is 0 Å². The van der Waals surface area contributed by atoms with Crippen molar-refractivity contribution in [2.24, 2.45) is 0 Å². The third-order valence-electron chi connectivity index (χ3n) is 2.91. The summed E-state index contributed by atoms with van der Waals surface area (Å²) in [5, 5.41) is 3.08. The van der Waals surface area contributed by atoms with E-state index in [9.17, 15) is 0 Å². The highest BCUT2D eigenvalue weighted by atomic mass is 32.1. The SMILES string of the molecule is c1csc(-c2nccc3c2CCCC3)n1. The third kappa shape index (κ3) is 1.57. The predicted octanol–water partition coefficient (Wildman–Crippen LogP) is 3.08. The Balaban J connectivity index is 2.15. The molecule has 0 N–H and O–H groups in total. The summed E-state index contributed by atoms with van der Waals surface area (Å²) in [6.45, 7) is 0. The van der Waals surface area contributed by atoms with E-state index >= 15 is 0 Å². The standard InChI is InChI=1S/C12H12N2S/c1-2-4-10-9(3-1)5-6-13-11(10)12-14-7-8-15-12/h5-8H,1-4H2. The fourth-order valence-electron chi connectivity index (χ4n) is 2.19. The molecule has 1 aliphatic rings. The third-order valence-corrected chi connectivity index (χ3v) is 3.69. The number of pyridine rings is 1. The van der Waals surface area contributed by atoms with E-state index in [-0.39, 0.29) is 0 Å². The minimum atomic E-state index is 1.06. The van der Waals surface area contributed by atoms with Gasteiger partial charge in [-0.2, -0.15) is 0 Å². The van der Waals surface area contributed by atoms with Gasteiger partial charge >= 0.3 is 0 Å². The molecule has 0 saturated heterocycles. The van der Waals surface area contributed by atoms with Crippen molar-refractivity contribution in [1.29, 1.82) is 0 Å². The molecule has 3 heteroatoms. The second-order valence-electron chi connectivity index (χ2n) is 3.84. The van der Waals surface area contributed by atoms with Crippen LogP contribution in [0.1, 0.15) is 24.0 Å². The maximum absolute atomic E-state index is 4.48. The van der Waals surface area contributed by atoms with Crippen LogP contribution >= 0.6 is 11.3 Å². The zero-order valence-electron chi connectivity index (χ0n) is 8.44. The van der Waals surface area contributed by atoms with E-state index in [0.29, 0.717) is 0 Å². The van der Waals surface area contributed by atoms with Crippen molar-refractivity contribution in [3.05, 3.63) is 35.0 Å². The smallest absolute Gasteiger partial charge is 0.142 e. The molecule has 0 amide bonds. The van der Waals surface area contributed by atoms with Gasteiger partial charge in [0, 0.05) is 17.8 Å². The topological polar surface area (TPSA) is 25.8 Å². The Labute approximate surface area is 93.0 Å². The number of hydrogen-bond acceptors (Lipinski definition) is 3. The lowest BCUT2D eigenvalue weighted by Gasteiger charge is -2.17. The average molecular weight is 216 g/mol. The number of thiazole rings is 1. The summed E-state index contributed by atoms with van der Waals surface area (Å²) in [6.07, 6.45) is 8.74. The highest BCUT2D eigenvalue weighted by Crippen LogP contribution is 2.30. The monoisotopic (exact) mass is 216 g/mol. The number of aromatic nitrogens is 2. The summed E-state index contributed by atoms with van der Waals surface area (Å²) in [7, 11) is 0. The van der Waals surface area contributed by atoms with Crippen LogP contribution in [0.3, 0.4) is 0 Å². The fraction of sp³-hybridized carbons (Fsp3) is 0.333. The van der Waals surface area contributed by atoms with Crippen LogP contribution in [0, 0.1) is 0 Å². The van der Waals surface area contributed by atoms with E-state index in [1.54, 1.807) is 11.3 Å². The van der Waals surface area contributed by atoms with Gasteiger partial charge < -0.3 is 0 Å². The molecule has 0 bridgehead atoms. The molecule has 0 unspecified atom stereocenters. The molecule has 2 aromatic rings.